The maximum atomic E-state index is 10.8. The Hall–Kier alpha value is -1.32. The van der Waals surface area contributed by atoms with Crippen molar-refractivity contribution in [1.29, 1.82) is 0 Å². The topological polar surface area (TPSA) is 55.1 Å². The predicted octanol–water partition coefficient (Wildman–Crippen LogP) is 2.33. The molecule has 0 aromatic carbocycles. The van der Waals surface area contributed by atoms with E-state index in [2.05, 4.69) is 12.0 Å². The van der Waals surface area contributed by atoms with Gasteiger partial charge in [0.2, 0.25) is 0 Å². The van der Waals surface area contributed by atoms with Crippen LogP contribution < -0.4 is 0 Å². The zero-order valence-corrected chi connectivity index (χ0v) is 9.36. The van der Waals surface area contributed by atoms with Crippen molar-refractivity contribution in [1.82, 2.24) is 9.78 Å². The van der Waals surface area contributed by atoms with E-state index < -0.39 is 5.97 Å². The van der Waals surface area contributed by atoms with E-state index in [4.69, 9.17) is 5.11 Å². The van der Waals surface area contributed by atoms with Crippen LogP contribution in [0.15, 0.2) is 6.20 Å². The van der Waals surface area contributed by atoms with Gasteiger partial charge in [-0.15, -0.1) is 0 Å². The van der Waals surface area contributed by atoms with Crippen LogP contribution >= 0.6 is 0 Å². The van der Waals surface area contributed by atoms with Gasteiger partial charge < -0.3 is 5.11 Å². The van der Waals surface area contributed by atoms with Crippen molar-refractivity contribution in [3.05, 3.63) is 17.5 Å². The zero-order chi connectivity index (χ0) is 11.3. The lowest BCUT2D eigenvalue weighted by Crippen LogP contribution is -2.03. The largest absolute Gasteiger partial charge is 0.476 e. The monoisotopic (exact) mass is 210 g/mol. The van der Waals surface area contributed by atoms with Gasteiger partial charge in [-0.05, 0) is 12.8 Å². The highest BCUT2D eigenvalue weighted by molar-refractivity contribution is 5.86. The zero-order valence-electron chi connectivity index (χ0n) is 9.36. The summed E-state index contributed by atoms with van der Waals surface area (Å²) in [6.45, 7) is 4.90. The summed E-state index contributed by atoms with van der Waals surface area (Å²) in [6, 6.07) is 0. The average molecular weight is 210 g/mol. The molecule has 0 spiro atoms. The van der Waals surface area contributed by atoms with Gasteiger partial charge in [-0.1, -0.05) is 26.7 Å². The molecule has 84 valence electrons. The number of carboxylic acid groups (broad SMARTS) is 1. The van der Waals surface area contributed by atoms with Crippen molar-refractivity contribution >= 4 is 5.97 Å². The minimum atomic E-state index is -0.930. The van der Waals surface area contributed by atoms with Gasteiger partial charge in [0, 0.05) is 18.3 Å². The highest BCUT2D eigenvalue weighted by atomic mass is 16.4. The second-order valence-electron chi connectivity index (χ2n) is 3.63. The third-order valence-corrected chi connectivity index (χ3v) is 2.41. The molecule has 1 aromatic heterocycles. The van der Waals surface area contributed by atoms with Crippen LogP contribution in [-0.4, -0.2) is 20.9 Å². The van der Waals surface area contributed by atoms with Crippen LogP contribution in [0.25, 0.3) is 0 Å². The van der Waals surface area contributed by atoms with Crippen LogP contribution in [-0.2, 0) is 13.0 Å². The number of aryl methyl sites for hydroxylation is 2. The quantitative estimate of drug-likeness (QED) is 0.733. The van der Waals surface area contributed by atoms with Gasteiger partial charge in [-0.2, -0.15) is 5.10 Å². The minimum absolute atomic E-state index is 0.203. The lowest BCUT2D eigenvalue weighted by Gasteiger charge is -1.98. The molecule has 0 bridgehead atoms. The number of hydrogen-bond acceptors (Lipinski definition) is 2. The summed E-state index contributed by atoms with van der Waals surface area (Å²) in [5, 5.41) is 13.0. The Balaban J connectivity index is 2.70. The molecule has 0 aliphatic heterocycles. The van der Waals surface area contributed by atoms with Crippen LogP contribution in [0.3, 0.4) is 0 Å². The Kier molecular flexibility index (Phi) is 4.34. The highest BCUT2D eigenvalue weighted by Gasteiger charge is 2.13. The SMILES string of the molecule is CCCCCn1cc(CC)c(C(=O)O)n1. The molecule has 4 nitrogen and oxygen atoms in total. The molecule has 0 amide bonds. The Labute approximate surface area is 89.9 Å². The van der Waals surface area contributed by atoms with Gasteiger partial charge in [0.25, 0.3) is 0 Å². The normalized spacial score (nSPS) is 10.5. The Morgan fingerprint density at radius 1 is 1.47 bits per heavy atom. The third kappa shape index (κ3) is 3.08. The van der Waals surface area contributed by atoms with Crippen molar-refractivity contribution < 1.29 is 9.90 Å². The number of carbonyl (C=O) groups is 1. The molecule has 0 aliphatic rings. The Bertz CT molecular complexity index is 331. The molecule has 0 aliphatic carbocycles. The molecule has 1 aromatic rings. The summed E-state index contributed by atoms with van der Waals surface area (Å²) in [6.07, 6.45) is 5.94. The number of nitrogens with zero attached hydrogens (tertiary/aromatic N) is 2. The molecule has 15 heavy (non-hydrogen) atoms. The lowest BCUT2D eigenvalue weighted by atomic mass is 10.2. The number of aromatic carboxylic acids is 1. The molecular weight excluding hydrogens is 192 g/mol. The van der Waals surface area contributed by atoms with Crippen LogP contribution in [0.4, 0.5) is 0 Å². The van der Waals surface area contributed by atoms with Crippen molar-refractivity contribution in [3.63, 3.8) is 0 Å². The van der Waals surface area contributed by atoms with Gasteiger partial charge in [0.1, 0.15) is 0 Å². The Morgan fingerprint density at radius 2 is 2.20 bits per heavy atom. The maximum absolute atomic E-state index is 10.8. The van der Waals surface area contributed by atoms with Crippen LogP contribution in [0, 0.1) is 0 Å². The van der Waals surface area contributed by atoms with E-state index in [1.807, 2.05) is 13.1 Å². The van der Waals surface area contributed by atoms with Gasteiger partial charge in [-0.3, -0.25) is 4.68 Å². The molecule has 1 N–H and O–H groups in total. The molecule has 0 fully saturated rings. The second-order valence-corrected chi connectivity index (χ2v) is 3.63. The van der Waals surface area contributed by atoms with Crippen LogP contribution in [0.1, 0.15) is 49.2 Å². The van der Waals surface area contributed by atoms with E-state index in [9.17, 15) is 4.79 Å². The first-order valence-corrected chi connectivity index (χ1v) is 5.48. The molecule has 0 saturated heterocycles. The summed E-state index contributed by atoms with van der Waals surface area (Å²) in [5.41, 5.74) is 1.02. The standard InChI is InChI=1S/C11H18N2O2/c1-3-5-6-7-13-8-9(4-2)10(12-13)11(14)15/h8H,3-7H2,1-2H3,(H,14,15). The fourth-order valence-corrected chi connectivity index (χ4v) is 1.54. The minimum Gasteiger partial charge on any atom is -0.476 e. The molecule has 0 unspecified atom stereocenters. The maximum Gasteiger partial charge on any atom is 0.356 e. The summed E-state index contributed by atoms with van der Waals surface area (Å²) in [4.78, 5) is 10.8. The summed E-state index contributed by atoms with van der Waals surface area (Å²) in [7, 11) is 0. The van der Waals surface area contributed by atoms with E-state index in [0.29, 0.717) is 0 Å². The number of unbranched alkanes of at least 4 members (excludes halogenated alkanes) is 2. The number of rotatable bonds is 6. The molecule has 0 saturated carbocycles. The predicted molar refractivity (Wildman–Crippen MR) is 58.1 cm³/mol. The molecule has 0 atom stereocenters. The van der Waals surface area contributed by atoms with Gasteiger partial charge in [-0.25, -0.2) is 4.79 Å². The van der Waals surface area contributed by atoms with Crippen LogP contribution in [0.5, 0.6) is 0 Å². The first-order valence-electron chi connectivity index (χ1n) is 5.48. The van der Waals surface area contributed by atoms with Crippen molar-refractivity contribution in [3.8, 4) is 0 Å². The van der Waals surface area contributed by atoms with Crippen molar-refractivity contribution in [2.24, 2.45) is 0 Å². The molecule has 1 rings (SSSR count). The van der Waals surface area contributed by atoms with Crippen molar-refractivity contribution in [2.75, 3.05) is 0 Å². The van der Waals surface area contributed by atoms with E-state index in [1.165, 1.54) is 0 Å². The molecule has 4 heteroatoms. The number of aromatic nitrogens is 2. The average Bonchev–Trinajstić information content (AvgIpc) is 2.62. The second kappa shape index (κ2) is 5.53. The van der Waals surface area contributed by atoms with E-state index in [-0.39, 0.29) is 5.69 Å². The molecule has 1 heterocycles. The smallest absolute Gasteiger partial charge is 0.356 e. The molecular formula is C11H18N2O2. The Morgan fingerprint density at radius 3 is 2.67 bits per heavy atom. The van der Waals surface area contributed by atoms with Crippen LogP contribution in [0.2, 0.25) is 0 Å². The van der Waals surface area contributed by atoms with Gasteiger partial charge in [0.15, 0.2) is 5.69 Å². The fraction of sp³-hybridized carbons (Fsp3) is 0.636. The first-order chi connectivity index (χ1) is 7.19. The number of carboxylic acids is 1. The summed E-state index contributed by atoms with van der Waals surface area (Å²) in [5.74, 6) is -0.930. The van der Waals surface area contributed by atoms with Crippen molar-refractivity contribution in [2.45, 2.75) is 46.1 Å². The van der Waals surface area contributed by atoms with Gasteiger partial charge >= 0.3 is 5.97 Å². The van der Waals surface area contributed by atoms with Gasteiger partial charge in [0.05, 0.1) is 0 Å². The summed E-state index contributed by atoms with van der Waals surface area (Å²) >= 11 is 0. The number of hydrogen-bond donors (Lipinski definition) is 1. The van der Waals surface area contributed by atoms with E-state index >= 15 is 0 Å². The molecule has 0 radical (unpaired) electrons. The first kappa shape index (κ1) is 11.8. The van der Waals surface area contributed by atoms with E-state index in [0.717, 1.165) is 37.8 Å². The fourth-order valence-electron chi connectivity index (χ4n) is 1.54. The highest BCUT2D eigenvalue weighted by Crippen LogP contribution is 2.09. The summed E-state index contributed by atoms with van der Waals surface area (Å²) < 4.78 is 1.75. The lowest BCUT2D eigenvalue weighted by molar-refractivity contribution is 0.0688. The van der Waals surface area contributed by atoms with E-state index in [1.54, 1.807) is 4.68 Å². The third-order valence-electron chi connectivity index (χ3n) is 2.41.